The summed E-state index contributed by atoms with van der Waals surface area (Å²) in [6.07, 6.45) is 11.2. The van der Waals surface area contributed by atoms with Crippen LogP contribution in [0.15, 0.2) is 36.4 Å². The first-order valence-electron chi connectivity index (χ1n) is 8.13. The first-order valence-corrected chi connectivity index (χ1v) is 8.13. The van der Waals surface area contributed by atoms with Crippen LogP contribution in [0.4, 0.5) is 11.4 Å². The van der Waals surface area contributed by atoms with E-state index in [2.05, 4.69) is 29.2 Å². The molecule has 2 aliphatic carbocycles. The van der Waals surface area contributed by atoms with Gasteiger partial charge < -0.3 is 4.90 Å². The van der Waals surface area contributed by atoms with Gasteiger partial charge in [0.1, 0.15) is 0 Å². The maximum Gasteiger partial charge on any atom is 0.275 e. The van der Waals surface area contributed by atoms with Crippen molar-refractivity contribution < 1.29 is 4.92 Å². The minimum atomic E-state index is -0.196. The van der Waals surface area contributed by atoms with E-state index < -0.39 is 0 Å². The van der Waals surface area contributed by atoms with E-state index in [1.807, 2.05) is 6.07 Å². The molecule has 2 aliphatic heterocycles. The number of nitro groups is 1. The Labute approximate surface area is 129 Å². The number of hydrogen-bond acceptors (Lipinski definition) is 3. The molecule has 1 aromatic rings. The molecule has 0 radical (unpaired) electrons. The highest BCUT2D eigenvalue weighted by atomic mass is 16.6. The van der Waals surface area contributed by atoms with Gasteiger partial charge in [0.05, 0.1) is 16.2 Å². The molecule has 0 bridgehead atoms. The first kappa shape index (κ1) is 12.4. The topological polar surface area (TPSA) is 46.4 Å². The third-order valence-electron chi connectivity index (χ3n) is 5.92. The molecule has 0 N–H and O–H groups in total. The quantitative estimate of drug-likeness (QED) is 0.450. The van der Waals surface area contributed by atoms with E-state index in [0.717, 1.165) is 31.5 Å². The van der Waals surface area contributed by atoms with Crippen molar-refractivity contribution in [2.45, 2.75) is 24.7 Å². The maximum absolute atomic E-state index is 11.6. The van der Waals surface area contributed by atoms with Crippen molar-refractivity contribution in [1.29, 1.82) is 0 Å². The lowest BCUT2D eigenvalue weighted by atomic mass is 9.74. The van der Waals surface area contributed by atoms with Crippen molar-refractivity contribution in [3.05, 3.63) is 57.7 Å². The monoisotopic (exact) mass is 294 g/mol. The fraction of sp³-hybridized carbons (Fsp3) is 0.444. The van der Waals surface area contributed by atoms with Crippen LogP contribution in [0.5, 0.6) is 0 Å². The Morgan fingerprint density at radius 1 is 1.05 bits per heavy atom. The summed E-state index contributed by atoms with van der Waals surface area (Å²) in [5.74, 6) is 1.83. The van der Waals surface area contributed by atoms with E-state index in [1.54, 1.807) is 6.07 Å². The molecule has 112 valence electrons. The summed E-state index contributed by atoms with van der Waals surface area (Å²) < 4.78 is 0. The second-order valence-corrected chi connectivity index (χ2v) is 7.00. The Morgan fingerprint density at radius 2 is 1.73 bits per heavy atom. The fourth-order valence-corrected chi connectivity index (χ4v) is 5.02. The zero-order chi connectivity index (χ0) is 14.8. The van der Waals surface area contributed by atoms with Crippen LogP contribution in [0.3, 0.4) is 0 Å². The summed E-state index contributed by atoms with van der Waals surface area (Å²) in [4.78, 5) is 13.8. The van der Waals surface area contributed by atoms with Gasteiger partial charge in [-0.15, -0.1) is 0 Å². The molecule has 0 fully saturated rings. The summed E-state index contributed by atoms with van der Waals surface area (Å²) in [7, 11) is 0. The molecule has 4 atom stereocenters. The number of fused-ring (bicyclic) bond motifs is 4. The molecule has 0 aromatic heterocycles. The van der Waals surface area contributed by atoms with Gasteiger partial charge in [0.25, 0.3) is 5.69 Å². The number of nitrogens with zero attached hydrogens (tertiary/aromatic N) is 2. The van der Waals surface area contributed by atoms with E-state index in [0.29, 0.717) is 23.4 Å². The number of hydrogen-bond donors (Lipinski definition) is 0. The van der Waals surface area contributed by atoms with Gasteiger partial charge >= 0.3 is 0 Å². The lowest BCUT2D eigenvalue weighted by Crippen LogP contribution is -2.43. The highest BCUT2D eigenvalue weighted by Crippen LogP contribution is 2.55. The van der Waals surface area contributed by atoms with Crippen LogP contribution in [0.25, 0.3) is 0 Å². The predicted molar refractivity (Wildman–Crippen MR) is 85.3 cm³/mol. The number of rotatable bonds is 1. The number of nitro benzene ring substituents is 1. The molecule has 1 aromatic carbocycles. The smallest absolute Gasteiger partial charge is 0.275 e. The van der Waals surface area contributed by atoms with Crippen LogP contribution in [-0.4, -0.2) is 18.0 Å². The van der Waals surface area contributed by atoms with E-state index in [-0.39, 0.29) is 10.8 Å². The average molecular weight is 294 g/mol. The van der Waals surface area contributed by atoms with E-state index in [4.69, 9.17) is 0 Å². The summed E-state index contributed by atoms with van der Waals surface area (Å²) in [5, 5.41) is 11.6. The van der Waals surface area contributed by atoms with Crippen molar-refractivity contribution in [2.75, 3.05) is 18.0 Å². The molecule has 0 spiro atoms. The molecular weight excluding hydrogens is 276 g/mol. The minimum Gasteiger partial charge on any atom is -0.370 e. The van der Waals surface area contributed by atoms with Crippen LogP contribution in [0, 0.1) is 22.0 Å². The Kier molecular flexibility index (Phi) is 2.38. The summed E-state index contributed by atoms with van der Waals surface area (Å²) in [5.41, 5.74) is 3.77. The summed E-state index contributed by atoms with van der Waals surface area (Å²) >= 11 is 0. The fourth-order valence-electron chi connectivity index (χ4n) is 5.02. The van der Waals surface area contributed by atoms with Crippen molar-refractivity contribution in [1.82, 2.24) is 0 Å². The van der Waals surface area contributed by atoms with Crippen molar-refractivity contribution >= 4 is 11.4 Å². The molecular formula is C18H18N2O2. The number of allylic oxidation sites excluding steroid dienone is 4. The molecule has 4 heteroatoms. The highest BCUT2D eigenvalue weighted by molar-refractivity contribution is 5.73. The lowest BCUT2D eigenvalue weighted by Gasteiger charge is -2.45. The van der Waals surface area contributed by atoms with Gasteiger partial charge in [0, 0.05) is 31.0 Å². The SMILES string of the molecule is O=[N+]([O-])c1ccc2c3c1C1C=CCC1CN3CC1CC=CC21. The first-order chi connectivity index (χ1) is 10.7. The summed E-state index contributed by atoms with van der Waals surface area (Å²) in [6, 6.07) is 3.75. The van der Waals surface area contributed by atoms with Gasteiger partial charge in [-0.2, -0.15) is 0 Å². The van der Waals surface area contributed by atoms with Gasteiger partial charge in [-0.3, -0.25) is 10.1 Å². The normalized spacial score (nSPS) is 33.5. The second-order valence-electron chi connectivity index (χ2n) is 7.00. The second kappa shape index (κ2) is 4.22. The van der Waals surface area contributed by atoms with E-state index >= 15 is 0 Å². The van der Waals surface area contributed by atoms with Crippen LogP contribution in [0.2, 0.25) is 0 Å². The molecule has 2 heterocycles. The summed E-state index contributed by atoms with van der Waals surface area (Å²) in [6.45, 7) is 2.09. The number of anilines is 1. The van der Waals surface area contributed by atoms with Crippen LogP contribution >= 0.6 is 0 Å². The minimum absolute atomic E-state index is 0.196. The Hall–Kier alpha value is -2.10. The Morgan fingerprint density at radius 3 is 2.45 bits per heavy atom. The van der Waals surface area contributed by atoms with Crippen molar-refractivity contribution in [3.63, 3.8) is 0 Å². The predicted octanol–water partition coefficient (Wildman–Crippen LogP) is 3.75. The molecule has 4 aliphatic rings. The Bertz CT molecular complexity index is 735. The molecule has 0 amide bonds. The maximum atomic E-state index is 11.6. The average Bonchev–Trinajstić information content (AvgIpc) is 3.15. The molecule has 4 nitrogen and oxygen atoms in total. The molecule has 0 saturated heterocycles. The van der Waals surface area contributed by atoms with Crippen LogP contribution in [0.1, 0.15) is 35.8 Å². The molecule has 5 rings (SSSR count). The molecule has 0 saturated carbocycles. The van der Waals surface area contributed by atoms with E-state index in [1.165, 1.54) is 11.3 Å². The zero-order valence-electron chi connectivity index (χ0n) is 12.3. The molecule has 4 unspecified atom stereocenters. The van der Waals surface area contributed by atoms with Crippen molar-refractivity contribution in [3.8, 4) is 0 Å². The highest BCUT2D eigenvalue weighted by Gasteiger charge is 2.45. The van der Waals surface area contributed by atoms with Gasteiger partial charge in [-0.1, -0.05) is 24.3 Å². The Balaban J connectivity index is 1.78. The van der Waals surface area contributed by atoms with Gasteiger partial charge in [-0.25, -0.2) is 0 Å². The zero-order valence-corrected chi connectivity index (χ0v) is 12.3. The third kappa shape index (κ3) is 1.47. The van der Waals surface area contributed by atoms with Crippen molar-refractivity contribution in [2.24, 2.45) is 11.8 Å². The van der Waals surface area contributed by atoms with Crippen LogP contribution < -0.4 is 4.90 Å². The largest absolute Gasteiger partial charge is 0.370 e. The standard InChI is InChI=1S/C18H18N2O2/c21-20(22)16-8-7-15-13-5-1-3-11(13)9-19-10-12-4-2-6-14(12)17(16)18(15)19/h1-2,5-8,11-14H,3-4,9-10H2. The van der Waals surface area contributed by atoms with Gasteiger partial charge in [-0.05, 0) is 36.3 Å². The molecule has 22 heavy (non-hydrogen) atoms. The van der Waals surface area contributed by atoms with Gasteiger partial charge in [0.15, 0.2) is 0 Å². The van der Waals surface area contributed by atoms with Crippen LogP contribution in [-0.2, 0) is 0 Å². The van der Waals surface area contributed by atoms with Gasteiger partial charge in [0.2, 0.25) is 0 Å². The number of benzene rings is 1. The third-order valence-corrected chi connectivity index (χ3v) is 5.92. The lowest BCUT2D eigenvalue weighted by molar-refractivity contribution is -0.385. The van der Waals surface area contributed by atoms with E-state index in [9.17, 15) is 10.1 Å².